The van der Waals surface area contributed by atoms with Gasteiger partial charge in [0, 0.05) is 49.4 Å². The highest BCUT2D eigenvalue weighted by Crippen LogP contribution is 2.36. The van der Waals surface area contributed by atoms with Crippen LogP contribution in [-0.4, -0.2) is 58.0 Å². The molecule has 0 aromatic carbocycles. The van der Waals surface area contributed by atoms with Crippen molar-refractivity contribution in [1.29, 1.82) is 0 Å². The molecule has 1 aliphatic carbocycles. The van der Waals surface area contributed by atoms with Crippen LogP contribution in [0.5, 0.6) is 0 Å². The summed E-state index contributed by atoms with van der Waals surface area (Å²) < 4.78 is 0. The molecular formula is C27H37N3O2S. The molecule has 0 bridgehead atoms. The molecule has 0 radical (unpaired) electrons. The number of carbonyl (C=O) groups is 2. The molecule has 178 valence electrons. The first-order chi connectivity index (χ1) is 16.2. The van der Waals surface area contributed by atoms with Crippen molar-refractivity contribution in [2.24, 2.45) is 11.8 Å². The number of carbonyl (C=O) groups excluding carboxylic acids is 2. The molecule has 2 amide bonds. The Kier molecular flexibility index (Phi) is 8.65. The average molecular weight is 468 g/mol. The van der Waals surface area contributed by atoms with Crippen LogP contribution in [-0.2, 0) is 16.0 Å². The summed E-state index contributed by atoms with van der Waals surface area (Å²) in [6, 6.07) is 4.26. The molecule has 0 N–H and O–H groups in total. The van der Waals surface area contributed by atoms with Crippen LogP contribution in [0.15, 0.2) is 48.2 Å². The normalized spacial score (nSPS) is 24.3. The number of piperidine rings is 2. The van der Waals surface area contributed by atoms with Gasteiger partial charge in [0.05, 0.1) is 6.42 Å². The number of pyridine rings is 1. The van der Waals surface area contributed by atoms with Crippen molar-refractivity contribution in [2.75, 3.05) is 25.4 Å². The van der Waals surface area contributed by atoms with Crippen molar-refractivity contribution in [1.82, 2.24) is 14.8 Å². The number of fused-ring (bicyclic) bond motifs is 1. The number of amides is 2. The van der Waals surface area contributed by atoms with E-state index in [-0.39, 0.29) is 11.8 Å². The Morgan fingerprint density at radius 1 is 1.09 bits per heavy atom. The van der Waals surface area contributed by atoms with Gasteiger partial charge < -0.3 is 9.80 Å². The average Bonchev–Trinajstić information content (AvgIpc) is 2.87. The van der Waals surface area contributed by atoms with E-state index in [1.54, 1.807) is 30.2 Å². The molecule has 3 heterocycles. The Morgan fingerprint density at radius 2 is 1.88 bits per heavy atom. The predicted molar refractivity (Wildman–Crippen MR) is 135 cm³/mol. The topological polar surface area (TPSA) is 53.5 Å². The van der Waals surface area contributed by atoms with E-state index in [2.05, 4.69) is 16.5 Å². The molecule has 3 aliphatic rings. The van der Waals surface area contributed by atoms with Gasteiger partial charge in [0.1, 0.15) is 0 Å². The molecule has 4 rings (SSSR count). The zero-order valence-electron chi connectivity index (χ0n) is 19.7. The molecule has 1 aromatic rings. The van der Waals surface area contributed by atoms with E-state index in [1.165, 1.54) is 25.7 Å². The first kappa shape index (κ1) is 24.1. The SMILES string of the molecule is C=C/C(=C\SCC1CCN(C(=O)Cc2cccnc2)CC1)C(=O)N1CCCC2CCCCC21. The quantitative estimate of drug-likeness (QED) is 0.425. The number of nitrogens with zero attached hydrogens (tertiary/aromatic N) is 3. The van der Waals surface area contributed by atoms with E-state index in [9.17, 15) is 9.59 Å². The fourth-order valence-electron chi connectivity index (χ4n) is 5.64. The van der Waals surface area contributed by atoms with E-state index in [0.717, 1.165) is 62.2 Å². The molecule has 2 unspecified atom stereocenters. The summed E-state index contributed by atoms with van der Waals surface area (Å²) in [5.41, 5.74) is 1.72. The Morgan fingerprint density at radius 3 is 2.64 bits per heavy atom. The van der Waals surface area contributed by atoms with Crippen molar-refractivity contribution < 1.29 is 9.59 Å². The molecule has 2 saturated heterocycles. The van der Waals surface area contributed by atoms with Gasteiger partial charge >= 0.3 is 0 Å². The van der Waals surface area contributed by atoms with E-state index >= 15 is 0 Å². The standard InChI is InChI=1S/C27H37N3O2S/c1-2-23(27(32)30-14-6-9-24-8-3-4-10-25(24)30)20-33-19-21-11-15-29(16-12-21)26(31)17-22-7-5-13-28-18-22/h2,5,7,13,18,20-21,24-25H,1,3-4,6,8-12,14-17,19H2/b23-20+. The van der Waals surface area contributed by atoms with Crippen LogP contribution in [0.1, 0.15) is 56.9 Å². The maximum Gasteiger partial charge on any atom is 0.254 e. The minimum Gasteiger partial charge on any atom is -0.342 e. The van der Waals surface area contributed by atoms with E-state index in [0.29, 0.717) is 24.3 Å². The van der Waals surface area contributed by atoms with E-state index < -0.39 is 0 Å². The zero-order valence-corrected chi connectivity index (χ0v) is 20.5. The lowest BCUT2D eigenvalue weighted by Gasteiger charge is -2.44. The summed E-state index contributed by atoms with van der Waals surface area (Å²) in [6.45, 7) is 6.46. The molecule has 6 heteroatoms. The Bertz CT molecular complexity index is 846. The molecule has 0 spiro atoms. The third kappa shape index (κ3) is 6.28. The van der Waals surface area contributed by atoms with Crippen LogP contribution < -0.4 is 0 Å². The highest BCUT2D eigenvalue weighted by atomic mass is 32.2. The van der Waals surface area contributed by atoms with Crippen molar-refractivity contribution in [3.63, 3.8) is 0 Å². The lowest BCUT2D eigenvalue weighted by Crippen LogP contribution is -2.49. The first-order valence-electron chi connectivity index (χ1n) is 12.6. The molecular weight excluding hydrogens is 430 g/mol. The van der Waals surface area contributed by atoms with Gasteiger partial charge in [-0.3, -0.25) is 14.6 Å². The third-order valence-electron chi connectivity index (χ3n) is 7.56. The van der Waals surface area contributed by atoms with Crippen molar-refractivity contribution in [2.45, 2.75) is 63.8 Å². The second kappa shape index (κ2) is 11.9. The van der Waals surface area contributed by atoms with Crippen LogP contribution in [0.25, 0.3) is 0 Å². The smallest absolute Gasteiger partial charge is 0.254 e. The van der Waals surface area contributed by atoms with Gasteiger partial charge in [-0.15, -0.1) is 11.8 Å². The summed E-state index contributed by atoms with van der Waals surface area (Å²) in [7, 11) is 0. The molecule has 2 aliphatic heterocycles. The Labute approximate surface area is 202 Å². The van der Waals surface area contributed by atoms with Crippen molar-refractivity contribution in [3.05, 3.63) is 53.7 Å². The van der Waals surface area contributed by atoms with Gasteiger partial charge in [0.15, 0.2) is 0 Å². The second-order valence-electron chi connectivity index (χ2n) is 9.73. The molecule has 5 nitrogen and oxygen atoms in total. The van der Waals surface area contributed by atoms with Gasteiger partial charge in [-0.05, 0) is 67.4 Å². The Balaban J connectivity index is 1.23. The van der Waals surface area contributed by atoms with E-state index in [4.69, 9.17) is 0 Å². The van der Waals surface area contributed by atoms with Gasteiger partial charge in [-0.2, -0.15) is 0 Å². The number of aromatic nitrogens is 1. The van der Waals surface area contributed by atoms with Gasteiger partial charge in [-0.25, -0.2) is 0 Å². The molecule has 3 fully saturated rings. The highest BCUT2D eigenvalue weighted by molar-refractivity contribution is 8.02. The van der Waals surface area contributed by atoms with Crippen molar-refractivity contribution in [3.8, 4) is 0 Å². The minimum absolute atomic E-state index is 0.171. The summed E-state index contributed by atoms with van der Waals surface area (Å²) in [5.74, 6) is 2.62. The summed E-state index contributed by atoms with van der Waals surface area (Å²) in [6.07, 6.45) is 15.1. The number of rotatable bonds is 7. The van der Waals surface area contributed by atoms with Gasteiger partial charge in [-0.1, -0.05) is 31.6 Å². The number of likely N-dealkylation sites (tertiary alicyclic amines) is 2. The van der Waals surface area contributed by atoms with Crippen LogP contribution in [0.2, 0.25) is 0 Å². The summed E-state index contributed by atoms with van der Waals surface area (Å²) in [5, 5.41) is 2.03. The number of thioether (sulfide) groups is 1. The lowest BCUT2D eigenvalue weighted by molar-refractivity contribution is -0.133. The molecule has 1 aromatic heterocycles. The zero-order chi connectivity index (χ0) is 23.0. The Hall–Kier alpha value is -2.08. The predicted octanol–water partition coefficient (Wildman–Crippen LogP) is 4.85. The van der Waals surface area contributed by atoms with Crippen LogP contribution >= 0.6 is 11.8 Å². The fourth-order valence-corrected chi connectivity index (χ4v) is 6.72. The maximum absolute atomic E-state index is 13.3. The van der Waals surface area contributed by atoms with Crippen LogP contribution in [0.3, 0.4) is 0 Å². The van der Waals surface area contributed by atoms with Crippen molar-refractivity contribution >= 4 is 23.6 Å². The van der Waals surface area contributed by atoms with Crippen LogP contribution in [0, 0.1) is 11.8 Å². The highest BCUT2D eigenvalue weighted by Gasteiger charge is 2.36. The van der Waals surface area contributed by atoms with Gasteiger partial charge in [0.2, 0.25) is 5.91 Å². The van der Waals surface area contributed by atoms with Gasteiger partial charge in [0.25, 0.3) is 5.91 Å². The van der Waals surface area contributed by atoms with Crippen LogP contribution in [0.4, 0.5) is 0 Å². The minimum atomic E-state index is 0.171. The van der Waals surface area contributed by atoms with E-state index in [1.807, 2.05) is 22.4 Å². The molecule has 2 atom stereocenters. The first-order valence-corrected chi connectivity index (χ1v) is 13.6. The molecule has 33 heavy (non-hydrogen) atoms. The monoisotopic (exact) mass is 467 g/mol. The summed E-state index contributed by atoms with van der Waals surface area (Å²) >= 11 is 1.73. The number of hydrogen-bond donors (Lipinski definition) is 0. The fraction of sp³-hybridized carbons (Fsp3) is 0.593. The maximum atomic E-state index is 13.3. The number of hydrogen-bond acceptors (Lipinski definition) is 4. The third-order valence-corrected chi connectivity index (χ3v) is 8.64. The lowest BCUT2D eigenvalue weighted by atomic mass is 9.78. The largest absolute Gasteiger partial charge is 0.342 e. The second-order valence-corrected chi connectivity index (χ2v) is 10.6. The molecule has 1 saturated carbocycles. The summed E-state index contributed by atoms with van der Waals surface area (Å²) in [4.78, 5) is 34.1.